The largest absolute Gasteiger partial charge is 0.507 e. The molecule has 4 nitrogen and oxygen atoms in total. The van der Waals surface area contributed by atoms with Crippen LogP contribution >= 0.6 is 31.9 Å². The summed E-state index contributed by atoms with van der Waals surface area (Å²) in [6, 6.07) is 13.6. The van der Waals surface area contributed by atoms with Crippen molar-refractivity contribution in [1.29, 1.82) is 0 Å². The summed E-state index contributed by atoms with van der Waals surface area (Å²) in [5.41, 5.74) is 1.36. The number of benzene rings is 2. The predicted octanol–water partition coefficient (Wildman–Crippen LogP) is 4.26. The number of carbonyl (C=O) groups is 2. The summed E-state index contributed by atoms with van der Waals surface area (Å²) in [6.45, 7) is 0. The fourth-order valence-electron chi connectivity index (χ4n) is 2.75. The summed E-state index contributed by atoms with van der Waals surface area (Å²) in [5, 5.41) is 10.7. The Morgan fingerprint density at radius 3 is 2.00 bits per heavy atom. The van der Waals surface area contributed by atoms with Gasteiger partial charge in [-0.3, -0.25) is 9.59 Å². The van der Waals surface area contributed by atoms with Crippen LogP contribution < -0.4 is 0 Å². The maximum atomic E-state index is 12.4. The van der Waals surface area contributed by atoms with Crippen molar-refractivity contribution in [1.82, 2.24) is 4.90 Å². The van der Waals surface area contributed by atoms with E-state index in [0.717, 1.165) is 14.5 Å². The van der Waals surface area contributed by atoms with Crippen LogP contribution in [0.1, 0.15) is 17.2 Å². The van der Waals surface area contributed by atoms with Gasteiger partial charge in [0.05, 0.1) is 11.6 Å². The van der Waals surface area contributed by atoms with E-state index in [4.69, 9.17) is 0 Å². The van der Waals surface area contributed by atoms with Crippen LogP contribution in [0.5, 0.6) is 0 Å². The molecule has 1 saturated heterocycles. The SMILES string of the molecule is CN1C(=O)C(=O)C(=C(O)c2ccc(Br)cc2)C1c1ccc(Br)cc1. The highest BCUT2D eigenvalue weighted by atomic mass is 79.9. The Kier molecular flexibility index (Phi) is 4.60. The van der Waals surface area contributed by atoms with E-state index in [1.807, 2.05) is 24.3 Å². The first-order valence-corrected chi connectivity index (χ1v) is 8.74. The van der Waals surface area contributed by atoms with Gasteiger partial charge in [0.2, 0.25) is 0 Å². The van der Waals surface area contributed by atoms with Gasteiger partial charge in [0.15, 0.2) is 0 Å². The Morgan fingerprint density at radius 1 is 0.958 bits per heavy atom. The molecule has 0 aromatic heterocycles. The van der Waals surface area contributed by atoms with Gasteiger partial charge >= 0.3 is 0 Å². The highest BCUT2D eigenvalue weighted by molar-refractivity contribution is 9.10. The van der Waals surface area contributed by atoms with E-state index < -0.39 is 17.7 Å². The van der Waals surface area contributed by atoms with Crippen LogP contribution in [0.3, 0.4) is 0 Å². The maximum Gasteiger partial charge on any atom is 0.295 e. The van der Waals surface area contributed by atoms with Crippen molar-refractivity contribution in [3.05, 3.63) is 74.2 Å². The monoisotopic (exact) mass is 449 g/mol. The van der Waals surface area contributed by atoms with Gasteiger partial charge in [0, 0.05) is 21.6 Å². The molecule has 1 fully saturated rings. The number of likely N-dealkylation sites (tertiary alicyclic amines) is 1. The zero-order chi connectivity index (χ0) is 17.4. The molecule has 1 amide bonds. The van der Waals surface area contributed by atoms with Gasteiger partial charge in [-0.25, -0.2) is 0 Å². The zero-order valence-corrected chi connectivity index (χ0v) is 15.8. The van der Waals surface area contributed by atoms with Crippen molar-refractivity contribution in [2.45, 2.75) is 6.04 Å². The first-order chi connectivity index (χ1) is 11.4. The average molecular weight is 451 g/mol. The number of hydrogen-bond donors (Lipinski definition) is 1. The normalized spacial score (nSPS) is 19.8. The molecule has 0 bridgehead atoms. The fourth-order valence-corrected chi connectivity index (χ4v) is 3.27. The Hall–Kier alpha value is -1.92. The second-order valence-electron chi connectivity index (χ2n) is 5.47. The number of likely N-dealkylation sites (N-methyl/N-ethyl adjacent to an activating group) is 1. The summed E-state index contributed by atoms with van der Waals surface area (Å²) in [7, 11) is 1.56. The molecule has 1 unspecified atom stereocenters. The highest BCUT2D eigenvalue weighted by Gasteiger charge is 2.44. The molecule has 1 atom stereocenters. The minimum Gasteiger partial charge on any atom is -0.507 e. The number of ketones is 1. The predicted molar refractivity (Wildman–Crippen MR) is 98.4 cm³/mol. The summed E-state index contributed by atoms with van der Waals surface area (Å²) in [4.78, 5) is 25.9. The van der Waals surface area contributed by atoms with Crippen molar-refractivity contribution >= 4 is 49.3 Å². The quantitative estimate of drug-likeness (QED) is 0.422. The first-order valence-electron chi connectivity index (χ1n) is 7.16. The minimum atomic E-state index is -0.675. The standard InChI is InChI=1S/C18H13Br2NO3/c1-21-15(10-2-6-12(19)7-3-10)14(17(23)18(21)24)16(22)11-4-8-13(20)9-5-11/h2-9,15,22H,1H3. The van der Waals surface area contributed by atoms with Crippen molar-refractivity contribution in [3.8, 4) is 0 Å². The molecule has 0 radical (unpaired) electrons. The first kappa shape index (κ1) is 16.9. The third-order valence-electron chi connectivity index (χ3n) is 3.98. The minimum absolute atomic E-state index is 0.104. The molecule has 0 saturated carbocycles. The number of nitrogens with zero attached hydrogens (tertiary/aromatic N) is 1. The van der Waals surface area contributed by atoms with Crippen LogP contribution in [0.4, 0.5) is 0 Å². The van der Waals surface area contributed by atoms with Crippen LogP contribution in [0.15, 0.2) is 63.0 Å². The van der Waals surface area contributed by atoms with Gasteiger partial charge in [-0.05, 0) is 29.8 Å². The van der Waals surface area contributed by atoms with Crippen molar-refractivity contribution in [2.75, 3.05) is 7.05 Å². The lowest BCUT2D eigenvalue weighted by Crippen LogP contribution is -2.24. The molecule has 24 heavy (non-hydrogen) atoms. The Bertz CT molecular complexity index is 842. The van der Waals surface area contributed by atoms with Crippen LogP contribution in [0.25, 0.3) is 5.76 Å². The lowest BCUT2D eigenvalue weighted by atomic mass is 9.95. The summed E-state index contributed by atoms with van der Waals surface area (Å²) in [6.07, 6.45) is 0. The molecule has 2 aromatic carbocycles. The summed E-state index contributed by atoms with van der Waals surface area (Å²) >= 11 is 6.70. The average Bonchev–Trinajstić information content (AvgIpc) is 2.80. The number of Topliss-reactive ketones (excluding diaryl/α,β-unsaturated/α-hetero) is 1. The fraction of sp³-hybridized carbons (Fsp3) is 0.111. The number of halogens is 2. The number of rotatable bonds is 2. The van der Waals surface area contributed by atoms with E-state index >= 15 is 0 Å². The van der Waals surface area contributed by atoms with E-state index in [9.17, 15) is 14.7 Å². The van der Waals surface area contributed by atoms with E-state index in [2.05, 4.69) is 31.9 Å². The van der Waals surface area contributed by atoms with Crippen molar-refractivity contribution in [2.24, 2.45) is 0 Å². The Labute approximate surface area is 156 Å². The molecular weight excluding hydrogens is 438 g/mol. The van der Waals surface area contributed by atoms with Crippen LogP contribution in [-0.2, 0) is 9.59 Å². The number of carbonyl (C=O) groups excluding carboxylic acids is 2. The van der Waals surface area contributed by atoms with Crippen molar-refractivity contribution in [3.63, 3.8) is 0 Å². The molecule has 6 heteroatoms. The van der Waals surface area contributed by atoms with E-state index in [1.165, 1.54) is 4.90 Å². The maximum absolute atomic E-state index is 12.4. The third kappa shape index (κ3) is 2.91. The van der Waals surface area contributed by atoms with Gasteiger partial charge in [-0.1, -0.05) is 56.1 Å². The second-order valence-corrected chi connectivity index (χ2v) is 7.30. The molecule has 2 aromatic rings. The molecule has 1 heterocycles. The molecule has 0 aliphatic carbocycles. The van der Waals surface area contributed by atoms with Gasteiger partial charge in [-0.2, -0.15) is 0 Å². The topological polar surface area (TPSA) is 57.6 Å². The van der Waals surface area contributed by atoms with Crippen molar-refractivity contribution < 1.29 is 14.7 Å². The van der Waals surface area contributed by atoms with Crippen LogP contribution in [-0.4, -0.2) is 28.7 Å². The lowest BCUT2D eigenvalue weighted by Gasteiger charge is -2.21. The van der Waals surface area contributed by atoms with Gasteiger partial charge in [-0.15, -0.1) is 0 Å². The lowest BCUT2D eigenvalue weighted by molar-refractivity contribution is -0.139. The molecule has 122 valence electrons. The molecular formula is C18H13Br2NO3. The third-order valence-corrected chi connectivity index (χ3v) is 5.04. The smallest absolute Gasteiger partial charge is 0.295 e. The van der Waals surface area contributed by atoms with Gasteiger partial charge < -0.3 is 10.0 Å². The summed E-state index contributed by atoms with van der Waals surface area (Å²) in [5.74, 6) is -1.47. The number of hydrogen-bond acceptors (Lipinski definition) is 3. The van der Waals surface area contributed by atoms with Gasteiger partial charge in [0.25, 0.3) is 11.7 Å². The molecule has 0 spiro atoms. The van der Waals surface area contributed by atoms with E-state index in [1.54, 1.807) is 31.3 Å². The Morgan fingerprint density at radius 2 is 1.46 bits per heavy atom. The summed E-state index contributed by atoms with van der Waals surface area (Å²) < 4.78 is 1.76. The second kappa shape index (κ2) is 6.53. The number of aliphatic hydroxyl groups excluding tert-OH is 1. The highest BCUT2D eigenvalue weighted by Crippen LogP contribution is 2.38. The Balaban J connectivity index is 2.16. The van der Waals surface area contributed by atoms with E-state index in [-0.39, 0.29) is 11.3 Å². The molecule has 1 aliphatic rings. The molecule has 1 aliphatic heterocycles. The zero-order valence-electron chi connectivity index (χ0n) is 12.7. The molecule has 3 rings (SSSR count). The van der Waals surface area contributed by atoms with Crippen LogP contribution in [0.2, 0.25) is 0 Å². The molecule has 1 N–H and O–H groups in total. The van der Waals surface area contributed by atoms with E-state index in [0.29, 0.717) is 5.56 Å². The number of amides is 1. The van der Waals surface area contributed by atoms with Crippen LogP contribution in [0, 0.1) is 0 Å². The van der Waals surface area contributed by atoms with Gasteiger partial charge in [0.1, 0.15) is 5.76 Å². The number of aliphatic hydroxyl groups is 1.